The quantitative estimate of drug-likeness (QED) is 0.620. The van der Waals surface area contributed by atoms with Gasteiger partial charge in [-0.25, -0.2) is 4.79 Å². The first-order chi connectivity index (χ1) is 11.2. The zero-order valence-corrected chi connectivity index (χ0v) is 13.4. The SMILES string of the molecule is C=CC(=O)OCc1cc(CO)ccc1-c1ccc(CCC)cc1. The Labute approximate surface area is 137 Å². The summed E-state index contributed by atoms with van der Waals surface area (Å²) in [4.78, 5) is 11.3. The highest BCUT2D eigenvalue weighted by Crippen LogP contribution is 2.26. The second-order valence-electron chi connectivity index (χ2n) is 5.41. The maximum atomic E-state index is 11.3. The van der Waals surface area contributed by atoms with Crippen molar-refractivity contribution in [1.29, 1.82) is 0 Å². The highest BCUT2D eigenvalue weighted by molar-refractivity contribution is 5.81. The molecule has 2 aromatic carbocycles. The van der Waals surface area contributed by atoms with Crippen molar-refractivity contribution in [1.82, 2.24) is 0 Å². The monoisotopic (exact) mass is 310 g/mol. The zero-order chi connectivity index (χ0) is 16.7. The molecule has 120 valence electrons. The molecule has 0 bridgehead atoms. The van der Waals surface area contributed by atoms with Gasteiger partial charge in [0.15, 0.2) is 0 Å². The number of aryl methyl sites for hydroxylation is 1. The van der Waals surface area contributed by atoms with Crippen molar-refractivity contribution in [2.45, 2.75) is 33.0 Å². The Morgan fingerprint density at radius 2 is 1.87 bits per heavy atom. The second-order valence-corrected chi connectivity index (χ2v) is 5.41. The minimum Gasteiger partial charge on any atom is -0.458 e. The van der Waals surface area contributed by atoms with Gasteiger partial charge < -0.3 is 9.84 Å². The van der Waals surface area contributed by atoms with Gasteiger partial charge in [-0.3, -0.25) is 0 Å². The summed E-state index contributed by atoms with van der Waals surface area (Å²) in [5.74, 6) is -0.455. The van der Waals surface area contributed by atoms with Gasteiger partial charge in [0.2, 0.25) is 0 Å². The van der Waals surface area contributed by atoms with Gasteiger partial charge in [0.25, 0.3) is 0 Å². The van der Waals surface area contributed by atoms with Gasteiger partial charge in [-0.2, -0.15) is 0 Å². The van der Waals surface area contributed by atoms with E-state index >= 15 is 0 Å². The fourth-order valence-electron chi connectivity index (χ4n) is 2.49. The van der Waals surface area contributed by atoms with E-state index in [0.29, 0.717) is 0 Å². The molecule has 0 spiro atoms. The fourth-order valence-corrected chi connectivity index (χ4v) is 2.49. The van der Waals surface area contributed by atoms with Crippen molar-refractivity contribution in [2.75, 3.05) is 0 Å². The van der Waals surface area contributed by atoms with Gasteiger partial charge in [-0.05, 0) is 40.3 Å². The summed E-state index contributed by atoms with van der Waals surface area (Å²) in [5.41, 5.74) is 5.04. The van der Waals surface area contributed by atoms with E-state index in [-0.39, 0.29) is 13.2 Å². The van der Waals surface area contributed by atoms with Crippen LogP contribution in [0.15, 0.2) is 55.1 Å². The number of esters is 1. The molecule has 0 radical (unpaired) electrons. The number of hydrogen-bond acceptors (Lipinski definition) is 3. The summed E-state index contributed by atoms with van der Waals surface area (Å²) in [6.45, 7) is 5.67. The van der Waals surface area contributed by atoms with Crippen molar-refractivity contribution in [2.24, 2.45) is 0 Å². The Kier molecular flexibility index (Phi) is 6.12. The molecule has 0 aliphatic rings. The highest BCUT2D eigenvalue weighted by Gasteiger charge is 2.09. The molecule has 3 nitrogen and oxygen atoms in total. The molecule has 0 amide bonds. The van der Waals surface area contributed by atoms with E-state index in [2.05, 4.69) is 37.8 Å². The number of carbonyl (C=O) groups is 1. The molecule has 1 N–H and O–H groups in total. The second kappa shape index (κ2) is 8.30. The van der Waals surface area contributed by atoms with Crippen LogP contribution in [0.25, 0.3) is 11.1 Å². The third-order valence-electron chi connectivity index (χ3n) is 3.69. The van der Waals surface area contributed by atoms with Crippen LogP contribution in [0.4, 0.5) is 0 Å². The molecular formula is C20H22O3. The predicted octanol–water partition coefficient (Wildman–Crippen LogP) is 4.03. The Bertz CT molecular complexity index is 672. The average Bonchev–Trinajstić information content (AvgIpc) is 2.60. The molecule has 2 rings (SSSR count). The van der Waals surface area contributed by atoms with Gasteiger partial charge in [0.1, 0.15) is 6.61 Å². The molecule has 0 aliphatic heterocycles. The van der Waals surface area contributed by atoms with E-state index < -0.39 is 5.97 Å². The lowest BCUT2D eigenvalue weighted by Crippen LogP contribution is -2.02. The lowest BCUT2D eigenvalue weighted by Gasteiger charge is -2.12. The molecule has 0 aromatic heterocycles. The number of ether oxygens (including phenoxy) is 1. The molecule has 0 unspecified atom stereocenters. The molecule has 23 heavy (non-hydrogen) atoms. The first-order valence-electron chi connectivity index (χ1n) is 7.79. The van der Waals surface area contributed by atoms with Crippen LogP contribution < -0.4 is 0 Å². The minimum absolute atomic E-state index is 0.0435. The minimum atomic E-state index is -0.455. The molecule has 3 heteroatoms. The molecule has 0 aliphatic carbocycles. The van der Waals surface area contributed by atoms with Crippen molar-refractivity contribution < 1.29 is 14.6 Å². The molecule has 2 aromatic rings. The van der Waals surface area contributed by atoms with Gasteiger partial charge in [-0.1, -0.05) is 56.3 Å². The standard InChI is InChI=1S/C20H22O3/c1-3-5-15-6-9-17(10-7-15)19-11-8-16(13-21)12-18(19)14-23-20(22)4-2/h4,6-12,21H,2-3,5,13-14H2,1H3. The number of rotatable bonds is 7. The van der Waals surface area contributed by atoms with Gasteiger partial charge >= 0.3 is 5.97 Å². The third kappa shape index (κ3) is 4.54. The molecule has 0 atom stereocenters. The predicted molar refractivity (Wildman–Crippen MR) is 91.8 cm³/mol. The van der Waals surface area contributed by atoms with E-state index in [4.69, 9.17) is 4.74 Å². The number of aliphatic hydroxyl groups excluding tert-OH is 1. The van der Waals surface area contributed by atoms with E-state index in [1.807, 2.05) is 18.2 Å². The van der Waals surface area contributed by atoms with Crippen LogP contribution in [0.5, 0.6) is 0 Å². The summed E-state index contributed by atoms with van der Waals surface area (Å²) in [7, 11) is 0. The third-order valence-corrected chi connectivity index (χ3v) is 3.69. The van der Waals surface area contributed by atoms with Crippen LogP contribution in [0.1, 0.15) is 30.0 Å². The molecule has 0 saturated carbocycles. The van der Waals surface area contributed by atoms with Crippen LogP contribution in [0.2, 0.25) is 0 Å². The van der Waals surface area contributed by atoms with Crippen molar-refractivity contribution in [3.05, 3.63) is 71.8 Å². The zero-order valence-electron chi connectivity index (χ0n) is 13.4. The van der Waals surface area contributed by atoms with Gasteiger partial charge in [0, 0.05) is 6.08 Å². The summed E-state index contributed by atoms with van der Waals surface area (Å²) < 4.78 is 5.16. The number of carbonyl (C=O) groups excluding carboxylic acids is 1. The Hall–Kier alpha value is -2.39. The van der Waals surface area contributed by atoms with E-state index in [0.717, 1.165) is 41.2 Å². The maximum Gasteiger partial charge on any atom is 0.330 e. The van der Waals surface area contributed by atoms with E-state index in [1.165, 1.54) is 5.56 Å². The Balaban J connectivity index is 2.31. The number of aliphatic hydroxyl groups is 1. The topological polar surface area (TPSA) is 46.5 Å². The largest absolute Gasteiger partial charge is 0.458 e. The van der Waals surface area contributed by atoms with Crippen LogP contribution in [-0.4, -0.2) is 11.1 Å². The van der Waals surface area contributed by atoms with Crippen molar-refractivity contribution in [3.63, 3.8) is 0 Å². The first-order valence-corrected chi connectivity index (χ1v) is 7.79. The van der Waals surface area contributed by atoms with Crippen molar-refractivity contribution >= 4 is 5.97 Å². The molecular weight excluding hydrogens is 288 g/mol. The molecule has 0 fully saturated rings. The van der Waals surface area contributed by atoms with Gasteiger partial charge in [-0.15, -0.1) is 0 Å². The Morgan fingerprint density at radius 3 is 2.48 bits per heavy atom. The Morgan fingerprint density at radius 1 is 1.17 bits per heavy atom. The van der Waals surface area contributed by atoms with Crippen LogP contribution in [0.3, 0.4) is 0 Å². The lowest BCUT2D eigenvalue weighted by molar-refractivity contribution is -0.138. The van der Waals surface area contributed by atoms with Crippen LogP contribution in [-0.2, 0) is 29.2 Å². The average molecular weight is 310 g/mol. The van der Waals surface area contributed by atoms with Crippen molar-refractivity contribution in [3.8, 4) is 11.1 Å². The lowest BCUT2D eigenvalue weighted by atomic mass is 9.96. The van der Waals surface area contributed by atoms with Crippen LogP contribution in [0, 0.1) is 0 Å². The van der Waals surface area contributed by atoms with E-state index in [1.54, 1.807) is 0 Å². The highest BCUT2D eigenvalue weighted by atomic mass is 16.5. The summed E-state index contributed by atoms with van der Waals surface area (Å²) in [5, 5.41) is 9.32. The normalized spacial score (nSPS) is 10.3. The summed E-state index contributed by atoms with van der Waals surface area (Å²) in [6.07, 6.45) is 3.33. The molecule has 0 saturated heterocycles. The summed E-state index contributed by atoms with van der Waals surface area (Å²) >= 11 is 0. The maximum absolute atomic E-state index is 11.3. The fraction of sp³-hybridized carbons (Fsp3) is 0.250. The summed E-state index contributed by atoms with van der Waals surface area (Å²) in [6, 6.07) is 14.1. The molecule has 0 heterocycles. The number of benzene rings is 2. The first kappa shape index (κ1) is 17.0. The van der Waals surface area contributed by atoms with Gasteiger partial charge in [0.05, 0.1) is 6.61 Å². The smallest absolute Gasteiger partial charge is 0.330 e. The van der Waals surface area contributed by atoms with E-state index in [9.17, 15) is 9.90 Å². The number of hydrogen-bond donors (Lipinski definition) is 1. The van der Waals surface area contributed by atoms with Crippen LogP contribution >= 0.6 is 0 Å².